The number of amides is 2. The summed E-state index contributed by atoms with van der Waals surface area (Å²) in [5.41, 5.74) is 3.26. The molecule has 0 atom stereocenters. The molecule has 0 saturated heterocycles. The van der Waals surface area contributed by atoms with E-state index in [1.165, 1.54) is 22.9 Å². The molecule has 0 fully saturated rings. The lowest BCUT2D eigenvalue weighted by Crippen LogP contribution is -2.36. The number of hydrogen-bond acceptors (Lipinski definition) is 3. The van der Waals surface area contributed by atoms with Gasteiger partial charge < -0.3 is 10.2 Å². The van der Waals surface area contributed by atoms with Gasteiger partial charge in [0.1, 0.15) is 0 Å². The van der Waals surface area contributed by atoms with Crippen molar-refractivity contribution in [3.63, 3.8) is 0 Å². The maximum absolute atomic E-state index is 12.4. The van der Waals surface area contributed by atoms with Crippen LogP contribution in [0.5, 0.6) is 0 Å². The van der Waals surface area contributed by atoms with Gasteiger partial charge in [0.15, 0.2) is 0 Å². The average molecular weight is 445 g/mol. The molecule has 2 amide bonds. The van der Waals surface area contributed by atoms with Gasteiger partial charge in [-0.1, -0.05) is 58.4 Å². The van der Waals surface area contributed by atoms with E-state index < -0.39 is 0 Å². The zero-order valence-corrected chi connectivity index (χ0v) is 17.3. The number of carbonyl (C=O) groups is 2. The number of thioether (sulfide) groups is 1. The summed E-state index contributed by atoms with van der Waals surface area (Å²) in [5.74, 6) is 0.562. The zero-order valence-electron chi connectivity index (χ0n) is 14.9. The fourth-order valence-corrected chi connectivity index (χ4v) is 4.01. The predicted octanol–water partition coefficient (Wildman–Crippen LogP) is 4.44. The summed E-state index contributed by atoms with van der Waals surface area (Å²) in [4.78, 5) is 26.2. The van der Waals surface area contributed by atoms with Crippen LogP contribution in [0.3, 0.4) is 0 Å². The number of nitrogens with zero attached hydrogens (tertiary/aromatic N) is 1. The van der Waals surface area contributed by atoms with E-state index in [1.807, 2.05) is 47.4 Å². The first-order valence-corrected chi connectivity index (χ1v) is 10.7. The highest BCUT2D eigenvalue weighted by Crippen LogP contribution is 2.22. The summed E-state index contributed by atoms with van der Waals surface area (Å²) >= 11 is 4.72. The Morgan fingerprint density at radius 3 is 2.59 bits per heavy atom. The van der Waals surface area contributed by atoms with Crippen LogP contribution in [-0.2, 0) is 9.59 Å². The van der Waals surface area contributed by atoms with Crippen molar-refractivity contribution in [2.45, 2.75) is 6.42 Å². The minimum Gasteiger partial charge on any atom is -0.338 e. The number of rotatable bonds is 6. The van der Waals surface area contributed by atoms with Crippen LogP contribution in [0, 0.1) is 0 Å². The highest BCUT2D eigenvalue weighted by molar-refractivity contribution is 9.10. The molecule has 1 aliphatic rings. The number of carbonyl (C=O) groups excluding carboxylic acids is 2. The topological polar surface area (TPSA) is 49.4 Å². The molecule has 2 aromatic rings. The highest BCUT2D eigenvalue weighted by Gasteiger charge is 2.18. The van der Waals surface area contributed by atoms with Crippen molar-refractivity contribution in [1.29, 1.82) is 0 Å². The third-order valence-corrected chi connectivity index (χ3v) is 5.68. The van der Waals surface area contributed by atoms with Gasteiger partial charge in [0.2, 0.25) is 11.8 Å². The van der Waals surface area contributed by atoms with Crippen molar-refractivity contribution in [1.82, 2.24) is 4.90 Å². The molecule has 6 heteroatoms. The summed E-state index contributed by atoms with van der Waals surface area (Å²) in [6.45, 7) is 1.36. The van der Waals surface area contributed by atoms with Gasteiger partial charge in [-0.2, -0.15) is 0 Å². The number of anilines is 1. The molecule has 0 bridgehead atoms. The average Bonchev–Trinajstić information content (AvgIpc) is 2.69. The molecule has 27 heavy (non-hydrogen) atoms. The second kappa shape index (κ2) is 9.76. The quantitative estimate of drug-likeness (QED) is 0.716. The smallest absolute Gasteiger partial charge is 0.234 e. The lowest BCUT2D eigenvalue weighted by Gasteiger charge is -2.26. The van der Waals surface area contributed by atoms with E-state index in [4.69, 9.17) is 0 Å². The third kappa shape index (κ3) is 5.97. The van der Waals surface area contributed by atoms with E-state index in [1.54, 1.807) is 0 Å². The molecular weight excluding hydrogens is 424 g/mol. The van der Waals surface area contributed by atoms with Crippen LogP contribution in [0.2, 0.25) is 0 Å². The normalized spacial score (nSPS) is 13.8. The van der Waals surface area contributed by atoms with Crippen LogP contribution in [0.4, 0.5) is 5.69 Å². The van der Waals surface area contributed by atoms with Crippen LogP contribution in [0.1, 0.15) is 12.0 Å². The zero-order chi connectivity index (χ0) is 19.1. The molecule has 2 aromatic carbocycles. The van der Waals surface area contributed by atoms with Crippen LogP contribution < -0.4 is 5.32 Å². The number of benzene rings is 2. The van der Waals surface area contributed by atoms with Gasteiger partial charge in [-0.25, -0.2) is 0 Å². The Labute approximate surface area is 172 Å². The second-order valence-electron chi connectivity index (χ2n) is 6.24. The lowest BCUT2D eigenvalue weighted by atomic mass is 10.00. The first kappa shape index (κ1) is 19.7. The Bertz CT molecular complexity index is 839. The van der Waals surface area contributed by atoms with Crippen molar-refractivity contribution in [2.24, 2.45) is 0 Å². The molecule has 140 valence electrons. The Morgan fingerprint density at radius 2 is 1.89 bits per heavy atom. The van der Waals surface area contributed by atoms with E-state index in [9.17, 15) is 9.59 Å². The molecule has 4 nitrogen and oxygen atoms in total. The van der Waals surface area contributed by atoms with Gasteiger partial charge in [-0.3, -0.25) is 9.59 Å². The van der Waals surface area contributed by atoms with E-state index in [2.05, 4.69) is 39.5 Å². The fourth-order valence-electron chi connectivity index (χ4n) is 2.90. The Hall–Kier alpha value is -2.05. The van der Waals surface area contributed by atoms with Crippen molar-refractivity contribution in [3.8, 4) is 0 Å². The maximum Gasteiger partial charge on any atom is 0.234 e. The van der Waals surface area contributed by atoms with Gasteiger partial charge in [0.05, 0.1) is 11.5 Å². The van der Waals surface area contributed by atoms with Gasteiger partial charge in [0, 0.05) is 23.2 Å². The van der Waals surface area contributed by atoms with Crippen molar-refractivity contribution in [2.75, 3.05) is 29.9 Å². The molecule has 1 N–H and O–H groups in total. The van der Waals surface area contributed by atoms with Gasteiger partial charge in [0.25, 0.3) is 0 Å². The van der Waals surface area contributed by atoms with Crippen LogP contribution >= 0.6 is 27.7 Å². The van der Waals surface area contributed by atoms with E-state index >= 15 is 0 Å². The molecule has 0 aromatic heterocycles. The van der Waals surface area contributed by atoms with Crippen LogP contribution in [0.15, 0.2) is 65.1 Å². The van der Waals surface area contributed by atoms with Crippen LogP contribution in [-0.4, -0.2) is 41.3 Å². The first-order chi connectivity index (χ1) is 13.1. The summed E-state index contributed by atoms with van der Waals surface area (Å²) < 4.78 is 0.913. The Balaban J connectivity index is 1.41. The monoisotopic (exact) mass is 444 g/mol. The fraction of sp³-hybridized carbons (Fsp3) is 0.238. The van der Waals surface area contributed by atoms with Crippen molar-refractivity contribution in [3.05, 3.63) is 70.7 Å². The molecule has 1 aliphatic heterocycles. The Kier molecular flexibility index (Phi) is 7.12. The van der Waals surface area contributed by atoms with Gasteiger partial charge in [-0.15, -0.1) is 11.8 Å². The summed E-state index contributed by atoms with van der Waals surface area (Å²) in [6.07, 6.45) is 2.99. The number of nitrogens with one attached hydrogen (secondary N) is 1. The molecule has 1 heterocycles. The second-order valence-corrected chi connectivity index (χ2v) is 8.14. The molecule has 0 radical (unpaired) electrons. The maximum atomic E-state index is 12.4. The van der Waals surface area contributed by atoms with Gasteiger partial charge >= 0.3 is 0 Å². The first-order valence-electron chi connectivity index (χ1n) is 8.77. The van der Waals surface area contributed by atoms with Crippen LogP contribution in [0.25, 0.3) is 5.57 Å². The number of hydrogen-bond donors (Lipinski definition) is 1. The minimum atomic E-state index is -0.101. The largest absolute Gasteiger partial charge is 0.338 e. The highest BCUT2D eigenvalue weighted by atomic mass is 79.9. The molecule has 0 aliphatic carbocycles. The molecule has 0 unspecified atom stereocenters. The lowest BCUT2D eigenvalue weighted by molar-refractivity contribution is -0.127. The minimum absolute atomic E-state index is 0.0821. The summed E-state index contributed by atoms with van der Waals surface area (Å²) in [7, 11) is 0. The SMILES string of the molecule is O=C(CSCC(=O)N1CC=C(c2ccccc2)CC1)Nc1cccc(Br)c1. The molecular formula is C21H21BrN2O2S. The van der Waals surface area contributed by atoms with E-state index in [0.29, 0.717) is 12.3 Å². The molecule has 3 rings (SSSR count). The standard InChI is InChI=1S/C21H21BrN2O2S/c22-18-7-4-8-19(13-18)23-20(25)14-27-15-21(26)24-11-9-17(10-12-24)16-5-2-1-3-6-16/h1-9,13H,10-12,14-15H2,(H,23,25). The van der Waals surface area contributed by atoms with E-state index in [0.717, 1.165) is 23.1 Å². The number of halogens is 1. The predicted molar refractivity (Wildman–Crippen MR) is 116 cm³/mol. The van der Waals surface area contributed by atoms with E-state index in [-0.39, 0.29) is 17.6 Å². The summed E-state index contributed by atoms with van der Waals surface area (Å²) in [6, 6.07) is 17.7. The van der Waals surface area contributed by atoms with Crippen molar-refractivity contribution >= 4 is 50.8 Å². The summed E-state index contributed by atoms with van der Waals surface area (Å²) in [5, 5.41) is 2.84. The molecule has 0 saturated carbocycles. The Morgan fingerprint density at radius 1 is 1.07 bits per heavy atom. The molecule has 0 spiro atoms. The van der Waals surface area contributed by atoms with Crippen molar-refractivity contribution < 1.29 is 9.59 Å². The van der Waals surface area contributed by atoms with Gasteiger partial charge in [-0.05, 0) is 35.8 Å². The third-order valence-electron chi connectivity index (χ3n) is 4.27.